The van der Waals surface area contributed by atoms with E-state index in [1.165, 1.54) is 12.0 Å². The first kappa shape index (κ1) is 11.1. The molecule has 2 nitrogen and oxygen atoms in total. The van der Waals surface area contributed by atoms with Gasteiger partial charge in [-0.1, -0.05) is 12.1 Å². The van der Waals surface area contributed by atoms with E-state index in [0.29, 0.717) is 0 Å². The molecule has 14 heavy (non-hydrogen) atoms. The number of unbranched alkanes of at least 4 members (excludes halogenated alkanes) is 1. The molecule has 0 saturated carbocycles. The van der Waals surface area contributed by atoms with Crippen molar-refractivity contribution in [3.05, 3.63) is 29.8 Å². The van der Waals surface area contributed by atoms with Crippen LogP contribution in [0.3, 0.4) is 0 Å². The van der Waals surface area contributed by atoms with Crippen LogP contribution in [0.5, 0.6) is 5.75 Å². The average Bonchev–Trinajstić information content (AvgIpc) is 2.25. The molecule has 0 amide bonds. The van der Waals surface area contributed by atoms with Gasteiger partial charge in [-0.25, -0.2) is 0 Å². The van der Waals surface area contributed by atoms with Crippen LogP contribution in [0.15, 0.2) is 24.3 Å². The van der Waals surface area contributed by atoms with Crippen LogP contribution in [0.25, 0.3) is 0 Å². The van der Waals surface area contributed by atoms with Crippen LogP contribution in [-0.2, 0) is 11.2 Å². The maximum atomic E-state index is 5.16. The minimum atomic E-state index is 0.851. The first-order valence-corrected chi connectivity index (χ1v) is 4.98. The third-order valence-corrected chi connectivity index (χ3v) is 2.20. The Morgan fingerprint density at radius 3 is 2.71 bits per heavy atom. The SMILES string of the molecule is COCCCCc1cccc(OC)c1. The van der Waals surface area contributed by atoms with E-state index in [0.717, 1.165) is 25.2 Å². The van der Waals surface area contributed by atoms with Crippen LogP contribution in [0.2, 0.25) is 0 Å². The van der Waals surface area contributed by atoms with E-state index in [4.69, 9.17) is 9.47 Å². The predicted octanol–water partition coefficient (Wildman–Crippen LogP) is 2.66. The Kier molecular flexibility index (Phi) is 5.08. The summed E-state index contributed by atoms with van der Waals surface area (Å²) >= 11 is 0. The molecule has 0 heterocycles. The average molecular weight is 194 g/mol. The fourth-order valence-corrected chi connectivity index (χ4v) is 1.40. The summed E-state index contributed by atoms with van der Waals surface area (Å²) in [5.41, 5.74) is 1.33. The van der Waals surface area contributed by atoms with E-state index >= 15 is 0 Å². The molecule has 0 fully saturated rings. The number of aryl methyl sites for hydroxylation is 1. The molecule has 0 radical (unpaired) electrons. The molecule has 1 aromatic carbocycles. The topological polar surface area (TPSA) is 18.5 Å². The zero-order chi connectivity index (χ0) is 10.2. The molecule has 1 rings (SSSR count). The van der Waals surface area contributed by atoms with Crippen molar-refractivity contribution in [1.82, 2.24) is 0 Å². The summed E-state index contributed by atoms with van der Waals surface area (Å²) in [5.74, 6) is 0.939. The lowest BCUT2D eigenvalue weighted by atomic mass is 10.1. The van der Waals surface area contributed by atoms with Gasteiger partial charge in [0.2, 0.25) is 0 Å². The van der Waals surface area contributed by atoms with Crippen LogP contribution < -0.4 is 4.74 Å². The molecule has 0 N–H and O–H groups in total. The normalized spacial score (nSPS) is 10.1. The lowest BCUT2D eigenvalue weighted by Gasteiger charge is -2.04. The van der Waals surface area contributed by atoms with Gasteiger partial charge in [0.15, 0.2) is 0 Å². The third kappa shape index (κ3) is 3.79. The van der Waals surface area contributed by atoms with Crippen molar-refractivity contribution >= 4 is 0 Å². The second-order valence-electron chi connectivity index (χ2n) is 3.30. The second kappa shape index (κ2) is 6.44. The van der Waals surface area contributed by atoms with Gasteiger partial charge in [0.1, 0.15) is 5.75 Å². The van der Waals surface area contributed by atoms with E-state index in [-0.39, 0.29) is 0 Å². The Labute approximate surface area is 85.8 Å². The van der Waals surface area contributed by atoms with Crippen molar-refractivity contribution in [3.63, 3.8) is 0 Å². The molecule has 0 aliphatic heterocycles. The number of hydrogen-bond acceptors (Lipinski definition) is 2. The summed E-state index contributed by atoms with van der Waals surface area (Å²) < 4.78 is 10.2. The highest BCUT2D eigenvalue weighted by Gasteiger charge is 1.95. The Balaban J connectivity index is 2.34. The molecule has 2 heteroatoms. The van der Waals surface area contributed by atoms with Crippen molar-refractivity contribution in [2.24, 2.45) is 0 Å². The Morgan fingerprint density at radius 2 is 2.00 bits per heavy atom. The molecule has 78 valence electrons. The van der Waals surface area contributed by atoms with Gasteiger partial charge in [0.25, 0.3) is 0 Å². The minimum Gasteiger partial charge on any atom is -0.497 e. The van der Waals surface area contributed by atoms with Crippen LogP contribution in [0, 0.1) is 0 Å². The van der Waals surface area contributed by atoms with Gasteiger partial charge in [0, 0.05) is 13.7 Å². The van der Waals surface area contributed by atoms with E-state index in [2.05, 4.69) is 12.1 Å². The van der Waals surface area contributed by atoms with E-state index in [1.54, 1.807) is 14.2 Å². The molecule has 0 atom stereocenters. The molecule has 0 bridgehead atoms. The molecular formula is C12H18O2. The maximum Gasteiger partial charge on any atom is 0.119 e. The number of hydrogen-bond donors (Lipinski definition) is 0. The molecule has 0 aliphatic rings. The van der Waals surface area contributed by atoms with E-state index in [1.807, 2.05) is 12.1 Å². The van der Waals surface area contributed by atoms with Crippen LogP contribution in [0.4, 0.5) is 0 Å². The van der Waals surface area contributed by atoms with Crippen LogP contribution in [0.1, 0.15) is 18.4 Å². The van der Waals surface area contributed by atoms with Crippen LogP contribution >= 0.6 is 0 Å². The van der Waals surface area contributed by atoms with Gasteiger partial charge < -0.3 is 9.47 Å². The van der Waals surface area contributed by atoms with Crippen molar-refractivity contribution in [2.45, 2.75) is 19.3 Å². The first-order valence-electron chi connectivity index (χ1n) is 4.98. The lowest BCUT2D eigenvalue weighted by Crippen LogP contribution is -1.92. The number of ether oxygens (including phenoxy) is 2. The maximum absolute atomic E-state index is 5.16. The highest BCUT2D eigenvalue weighted by Crippen LogP contribution is 2.14. The predicted molar refractivity (Wildman–Crippen MR) is 57.8 cm³/mol. The molecular weight excluding hydrogens is 176 g/mol. The van der Waals surface area contributed by atoms with Crippen LogP contribution in [-0.4, -0.2) is 20.8 Å². The summed E-state index contributed by atoms with van der Waals surface area (Å²) in [4.78, 5) is 0. The monoisotopic (exact) mass is 194 g/mol. The van der Waals surface area contributed by atoms with Crippen molar-refractivity contribution in [1.29, 1.82) is 0 Å². The Hall–Kier alpha value is -1.02. The smallest absolute Gasteiger partial charge is 0.119 e. The molecule has 0 saturated heterocycles. The summed E-state index contributed by atoms with van der Waals surface area (Å²) in [6.45, 7) is 0.851. The zero-order valence-corrected chi connectivity index (χ0v) is 8.95. The van der Waals surface area contributed by atoms with Gasteiger partial charge in [-0.05, 0) is 37.0 Å². The number of rotatable bonds is 6. The highest BCUT2D eigenvalue weighted by molar-refractivity contribution is 5.28. The van der Waals surface area contributed by atoms with Gasteiger partial charge in [0.05, 0.1) is 7.11 Å². The summed E-state index contributed by atoms with van der Waals surface area (Å²) in [5, 5.41) is 0. The van der Waals surface area contributed by atoms with Crippen molar-refractivity contribution in [2.75, 3.05) is 20.8 Å². The summed E-state index contributed by atoms with van der Waals surface area (Å²) in [6.07, 6.45) is 3.38. The van der Waals surface area contributed by atoms with Gasteiger partial charge in [-0.2, -0.15) is 0 Å². The molecule has 0 aliphatic carbocycles. The van der Waals surface area contributed by atoms with Crippen molar-refractivity contribution in [3.8, 4) is 5.75 Å². The lowest BCUT2D eigenvalue weighted by molar-refractivity contribution is 0.193. The largest absolute Gasteiger partial charge is 0.497 e. The van der Waals surface area contributed by atoms with E-state index < -0.39 is 0 Å². The molecule has 0 aromatic heterocycles. The van der Waals surface area contributed by atoms with Gasteiger partial charge >= 0.3 is 0 Å². The fraction of sp³-hybridized carbons (Fsp3) is 0.500. The molecule has 0 spiro atoms. The fourth-order valence-electron chi connectivity index (χ4n) is 1.40. The number of methoxy groups -OCH3 is 2. The minimum absolute atomic E-state index is 0.851. The summed E-state index contributed by atoms with van der Waals surface area (Å²) in [7, 11) is 3.44. The van der Waals surface area contributed by atoms with Crippen molar-refractivity contribution < 1.29 is 9.47 Å². The summed E-state index contributed by atoms with van der Waals surface area (Å²) in [6, 6.07) is 8.23. The molecule has 0 unspecified atom stereocenters. The first-order chi connectivity index (χ1) is 6.86. The van der Waals surface area contributed by atoms with Gasteiger partial charge in [-0.3, -0.25) is 0 Å². The Bertz CT molecular complexity index is 258. The second-order valence-corrected chi connectivity index (χ2v) is 3.30. The third-order valence-electron chi connectivity index (χ3n) is 2.20. The standard InChI is InChI=1S/C12H18O2/c1-13-9-4-3-6-11-7-5-8-12(10-11)14-2/h5,7-8,10H,3-4,6,9H2,1-2H3. The Morgan fingerprint density at radius 1 is 1.14 bits per heavy atom. The number of benzene rings is 1. The molecule has 1 aromatic rings. The quantitative estimate of drug-likeness (QED) is 0.648. The van der Waals surface area contributed by atoms with Gasteiger partial charge in [-0.15, -0.1) is 0 Å². The highest BCUT2D eigenvalue weighted by atomic mass is 16.5. The van der Waals surface area contributed by atoms with E-state index in [9.17, 15) is 0 Å². The zero-order valence-electron chi connectivity index (χ0n) is 8.95.